The molecular weight excluding hydrogens is 389 g/mol. The number of halogens is 3. The third-order valence-corrected chi connectivity index (χ3v) is 7.00. The van der Waals surface area contributed by atoms with Gasteiger partial charge in [0, 0.05) is 32.7 Å². The van der Waals surface area contributed by atoms with Crippen LogP contribution in [0, 0.1) is 13.8 Å². The van der Waals surface area contributed by atoms with Crippen LogP contribution < -0.4 is 0 Å². The van der Waals surface area contributed by atoms with E-state index in [-0.39, 0.29) is 4.90 Å². The minimum absolute atomic E-state index is 0.280. The lowest BCUT2D eigenvalue weighted by Gasteiger charge is -2.34. The van der Waals surface area contributed by atoms with Gasteiger partial charge in [0.2, 0.25) is 10.0 Å². The number of sulfonamides is 1. The molecule has 0 amide bonds. The monoisotopic (exact) mass is 412 g/mol. The van der Waals surface area contributed by atoms with Crippen LogP contribution in [0.2, 0.25) is 0 Å². The molecule has 1 aliphatic rings. The average Bonchev–Trinajstić information content (AvgIpc) is 2.64. The summed E-state index contributed by atoms with van der Waals surface area (Å²) in [4.78, 5) is 2.25. The van der Waals surface area contributed by atoms with Crippen LogP contribution in [0.4, 0.5) is 13.2 Å². The van der Waals surface area contributed by atoms with Crippen molar-refractivity contribution in [2.75, 3.05) is 26.2 Å². The van der Waals surface area contributed by atoms with Crippen LogP contribution >= 0.6 is 0 Å². The van der Waals surface area contributed by atoms with E-state index in [0.717, 1.165) is 23.3 Å². The number of alkyl halides is 3. The Labute approximate surface area is 163 Å². The van der Waals surface area contributed by atoms with Crippen molar-refractivity contribution in [2.45, 2.75) is 31.5 Å². The van der Waals surface area contributed by atoms with Gasteiger partial charge in [0.25, 0.3) is 0 Å². The van der Waals surface area contributed by atoms with Crippen molar-refractivity contribution in [1.29, 1.82) is 0 Å². The molecule has 0 N–H and O–H groups in total. The first-order valence-electron chi connectivity index (χ1n) is 9.03. The smallest absolute Gasteiger partial charge is 0.296 e. The van der Waals surface area contributed by atoms with Gasteiger partial charge in [-0.05, 0) is 48.7 Å². The Morgan fingerprint density at radius 3 is 2.21 bits per heavy atom. The highest BCUT2D eigenvalue weighted by molar-refractivity contribution is 7.89. The van der Waals surface area contributed by atoms with Crippen LogP contribution in [0.5, 0.6) is 0 Å². The molecule has 28 heavy (non-hydrogen) atoms. The first-order chi connectivity index (χ1) is 13.1. The van der Waals surface area contributed by atoms with Crippen molar-refractivity contribution in [3.05, 3.63) is 64.7 Å². The summed E-state index contributed by atoms with van der Waals surface area (Å²) in [5, 5.41) is 0. The van der Waals surface area contributed by atoms with E-state index in [4.69, 9.17) is 0 Å². The second-order valence-electron chi connectivity index (χ2n) is 7.12. The highest BCUT2D eigenvalue weighted by Crippen LogP contribution is 2.30. The SMILES string of the molecule is Cc1ccc(S(=O)(=O)N2CCN(Cc3cccc(C(F)(F)F)c3)CC2)cc1C. The summed E-state index contributed by atoms with van der Waals surface area (Å²) >= 11 is 0. The lowest BCUT2D eigenvalue weighted by Crippen LogP contribution is -2.48. The third-order valence-electron chi connectivity index (χ3n) is 5.11. The van der Waals surface area contributed by atoms with Crippen molar-refractivity contribution in [3.63, 3.8) is 0 Å². The van der Waals surface area contributed by atoms with Gasteiger partial charge in [0.1, 0.15) is 0 Å². The molecule has 1 heterocycles. The first-order valence-corrected chi connectivity index (χ1v) is 10.5. The summed E-state index contributed by atoms with van der Waals surface area (Å²) in [6, 6.07) is 10.4. The molecule has 0 aromatic heterocycles. The Kier molecular flexibility index (Phi) is 5.84. The van der Waals surface area contributed by atoms with Gasteiger partial charge in [0.05, 0.1) is 10.5 Å². The molecule has 0 aliphatic carbocycles. The highest BCUT2D eigenvalue weighted by Gasteiger charge is 2.31. The number of hydrogen-bond donors (Lipinski definition) is 0. The number of piperazine rings is 1. The minimum Gasteiger partial charge on any atom is -0.296 e. The Morgan fingerprint density at radius 1 is 0.929 bits per heavy atom. The van der Waals surface area contributed by atoms with E-state index in [2.05, 4.69) is 0 Å². The van der Waals surface area contributed by atoms with E-state index >= 15 is 0 Å². The van der Waals surface area contributed by atoms with Crippen LogP contribution in [0.15, 0.2) is 47.4 Å². The minimum atomic E-state index is -4.37. The Morgan fingerprint density at radius 2 is 1.61 bits per heavy atom. The van der Waals surface area contributed by atoms with Gasteiger partial charge >= 0.3 is 6.18 Å². The van der Waals surface area contributed by atoms with E-state index < -0.39 is 21.8 Å². The number of benzene rings is 2. The van der Waals surface area contributed by atoms with Gasteiger partial charge in [-0.25, -0.2) is 8.42 Å². The summed E-state index contributed by atoms with van der Waals surface area (Å²) in [7, 11) is -3.57. The van der Waals surface area contributed by atoms with E-state index in [0.29, 0.717) is 38.3 Å². The van der Waals surface area contributed by atoms with Crippen molar-refractivity contribution < 1.29 is 21.6 Å². The molecule has 0 saturated carbocycles. The molecule has 2 aromatic carbocycles. The van der Waals surface area contributed by atoms with E-state index in [9.17, 15) is 21.6 Å². The Bertz CT molecular complexity index is 950. The van der Waals surface area contributed by atoms with Gasteiger partial charge < -0.3 is 0 Å². The normalized spacial score (nSPS) is 17.0. The first kappa shape index (κ1) is 20.8. The predicted octanol–water partition coefficient (Wildman–Crippen LogP) is 3.83. The van der Waals surface area contributed by atoms with Crippen molar-refractivity contribution in [2.24, 2.45) is 0 Å². The van der Waals surface area contributed by atoms with Crippen LogP contribution in [-0.2, 0) is 22.7 Å². The summed E-state index contributed by atoms with van der Waals surface area (Å²) in [5.41, 5.74) is 1.86. The molecule has 1 saturated heterocycles. The van der Waals surface area contributed by atoms with Crippen molar-refractivity contribution in [1.82, 2.24) is 9.21 Å². The summed E-state index contributed by atoms with van der Waals surface area (Å²) < 4.78 is 65.7. The quantitative estimate of drug-likeness (QED) is 0.767. The molecule has 1 fully saturated rings. The van der Waals surface area contributed by atoms with Crippen LogP contribution in [0.1, 0.15) is 22.3 Å². The van der Waals surface area contributed by atoms with E-state index in [1.807, 2.05) is 18.7 Å². The standard InChI is InChI=1S/C20H23F3N2O2S/c1-15-6-7-19(12-16(15)2)28(26,27)25-10-8-24(9-11-25)14-17-4-3-5-18(13-17)20(21,22)23/h3-7,12-13H,8-11,14H2,1-2H3. The molecule has 1 aliphatic heterocycles. The maximum atomic E-state index is 12.9. The van der Waals surface area contributed by atoms with E-state index in [1.165, 1.54) is 10.4 Å². The van der Waals surface area contributed by atoms with E-state index in [1.54, 1.807) is 24.3 Å². The van der Waals surface area contributed by atoms with Crippen LogP contribution in [-0.4, -0.2) is 43.8 Å². The average molecular weight is 412 g/mol. The predicted molar refractivity (Wildman–Crippen MR) is 101 cm³/mol. The van der Waals surface area contributed by atoms with Gasteiger partial charge in [0.15, 0.2) is 0 Å². The largest absolute Gasteiger partial charge is 0.416 e. The zero-order valence-electron chi connectivity index (χ0n) is 15.8. The zero-order chi connectivity index (χ0) is 20.5. The fraction of sp³-hybridized carbons (Fsp3) is 0.400. The topological polar surface area (TPSA) is 40.6 Å². The summed E-state index contributed by atoms with van der Waals surface area (Å²) in [5.74, 6) is 0. The Hall–Kier alpha value is -1.90. The molecule has 8 heteroatoms. The molecule has 4 nitrogen and oxygen atoms in total. The maximum Gasteiger partial charge on any atom is 0.416 e. The summed E-state index contributed by atoms with van der Waals surface area (Å²) in [6.45, 7) is 5.74. The van der Waals surface area contributed by atoms with Crippen LogP contribution in [0.25, 0.3) is 0 Å². The maximum absolute atomic E-state index is 12.9. The number of nitrogens with zero attached hydrogens (tertiary/aromatic N) is 2. The second-order valence-corrected chi connectivity index (χ2v) is 9.06. The molecular formula is C20H23F3N2O2S. The molecule has 0 bridgehead atoms. The fourth-order valence-electron chi connectivity index (χ4n) is 3.26. The third kappa shape index (κ3) is 4.56. The molecule has 0 unspecified atom stereocenters. The molecule has 0 spiro atoms. The molecule has 0 radical (unpaired) electrons. The molecule has 3 rings (SSSR count). The second kappa shape index (κ2) is 7.85. The van der Waals surface area contributed by atoms with Gasteiger partial charge in [-0.3, -0.25) is 4.90 Å². The number of rotatable bonds is 4. The summed E-state index contributed by atoms with van der Waals surface area (Å²) in [6.07, 6.45) is -4.37. The van der Waals surface area contributed by atoms with Crippen molar-refractivity contribution >= 4 is 10.0 Å². The Balaban J connectivity index is 1.65. The van der Waals surface area contributed by atoms with Crippen LogP contribution in [0.3, 0.4) is 0 Å². The lowest BCUT2D eigenvalue weighted by molar-refractivity contribution is -0.137. The molecule has 152 valence electrons. The number of hydrogen-bond acceptors (Lipinski definition) is 3. The highest BCUT2D eigenvalue weighted by atomic mass is 32.2. The zero-order valence-corrected chi connectivity index (χ0v) is 16.6. The van der Waals surface area contributed by atoms with Crippen molar-refractivity contribution in [3.8, 4) is 0 Å². The fourth-order valence-corrected chi connectivity index (χ4v) is 4.76. The molecule has 2 aromatic rings. The van der Waals surface area contributed by atoms with Gasteiger partial charge in [-0.15, -0.1) is 0 Å². The molecule has 0 atom stereocenters. The van der Waals surface area contributed by atoms with Gasteiger partial charge in [-0.1, -0.05) is 24.3 Å². The number of aryl methyl sites for hydroxylation is 2. The van der Waals surface area contributed by atoms with Gasteiger partial charge in [-0.2, -0.15) is 17.5 Å². The lowest BCUT2D eigenvalue weighted by atomic mass is 10.1.